The van der Waals surface area contributed by atoms with Gasteiger partial charge in [0.05, 0.1) is 0 Å². The Morgan fingerprint density at radius 3 is 3.26 bits per heavy atom. The van der Waals surface area contributed by atoms with Crippen LogP contribution in [0.5, 0.6) is 0 Å². The molecule has 2 aromatic rings. The van der Waals surface area contributed by atoms with Crippen LogP contribution < -0.4 is 4.90 Å². The molecular formula is C12H15N5O2. The Balaban J connectivity index is 1.74. The van der Waals surface area contributed by atoms with Crippen LogP contribution in [0.4, 0.5) is 5.82 Å². The molecule has 0 amide bonds. The first-order chi connectivity index (χ1) is 9.24. The van der Waals surface area contributed by atoms with Gasteiger partial charge in [-0.2, -0.15) is 0 Å². The second kappa shape index (κ2) is 4.83. The fraction of sp³-hybridized carbons (Fsp3) is 0.500. The van der Waals surface area contributed by atoms with Gasteiger partial charge in [0.25, 0.3) is 0 Å². The zero-order valence-corrected chi connectivity index (χ0v) is 10.4. The van der Waals surface area contributed by atoms with E-state index in [1.807, 2.05) is 10.6 Å². The fourth-order valence-corrected chi connectivity index (χ4v) is 2.56. The largest absolute Gasteiger partial charge is 0.481 e. The molecule has 1 saturated heterocycles. The molecule has 0 bridgehead atoms. The smallest absolute Gasteiger partial charge is 0.303 e. The average molecular weight is 261 g/mol. The molecule has 7 nitrogen and oxygen atoms in total. The van der Waals surface area contributed by atoms with Gasteiger partial charge in [0.2, 0.25) is 5.65 Å². The van der Waals surface area contributed by atoms with E-state index >= 15 is 0 Å². The minimum atomic E-state index is -0.726. The van der Waals surface area contributed by atoms with Gasteiger partial charge in [-0.15, -0.1) is 10.2 Å². The van der Waals surface area contributed by atoms with E-state index in [4.69, 9.17) is 5.11 Å². The fourth-order valence-electron chi connectivity index (χ4n) is 2.56. The van der Waals surface area contributed by atoms with Crippen LogP contribution in [0, 0.1) is 5.92 Å². The normalized spacial score (nSPS) is 19.2. The maximum Gasteiger partial charge on any atom is 0.303 e. The standard InChI is InChI=1S/C12H15N5O2/c18-10(19)2-1-9-3-5-16(7-9)11-12-15-14-8-17(12)6-4-13-11/h4,6,8-9H,1-3,5,7H2,(H,18,19). The van der Waals surface area contributed by atoms with Crippen molar-refractivity contribution in [1.29, 1.82) is 0 Å². The number of hydrogen-bond donors (Lipinski definition) is 1. The third kappa shape index (κ3) is 2.35. The number of aliphatic carboxylic acids is 1. The summed E-state index contributed by atoms with van der Waals surface area (Å²) in [6.45, 7) is 1.73. The molecule has 1 N–H and O–H groups in total. The molecule has 19 heavy (non-hydrogen) atoms. The summed E-state index contributed by atoms with van der Waals surface area (Å²) in [5, 5.41) is 16.7. The Labute approximate surface area is 109 Å². The number of nitrogens with zero attached hydrogens (tertiary/aromatic N) is 5. The van der Waals surface area contributed by atoms with E-state index in [0.717, 1.165) is 37.4 Å². The second-order valence-electron chi connectivity index (χ2n) is 4.85. The van der Waals surface area contributed by atoms with E-state index in [2.05, 4.69) is 20.1 Å². The van der Waals surface area contributed by atoms with Crippen LogP contribution in [0.1, 0.15) is 19.3 Å². The van der Waals surface area contributed by atoms with Crippen molar-refractivity contribution in [3.8, 4) is 0 Å². The number of rotatable bonds is 4. The summed E-state index contributed by atoms with van der Waals surface area (Å²) in [5.74, 6) is 0.523. The topological polar surface area (TPSA) is 83.6 Å². The van der Waals surface area contributed by atoms with Crippen LogP contribution in [0.3, 0.4) is 0 Å². The van der Waals surface area contributed by atoms with Gasteiger partial charge in [-0.3, -0.25) is 9.20 Å². The van der Waals surface area contributed by atoms with Gasteiger partial charge in [-0.05, 0) is 18.8 Å². The van der Waals surface area contributed by atoms with E-state index in [-0.39, 0.29) is 6.42 Å². The number of hydrogen-bond acceptors (Lipinski definition) is 5. The summed E-state index contributed by atoms with van der Waals surface area (Å²) in [6, 6.07) is 0. The molecule has 0 aromatic carbocycles. The molecule has 2 aromatic heterocycles. The van der Waals surface area contributed by atoms with Crippen molar-refractivity contribution >= 4 is 17.4 Å². The van der Waals surface area contributed by atoms with Gasteiger partial charge in [0.15, 0.2) is 5.82 Å². The molecule has 100 valence electrons. The van der Waals surface area contributed by atoms with Crippen LogP contribution in [0.2, 0.25) is 0 Å². The molecule has 0 aliphatic carbocycles. The summed E-state index contributed by atoms with van der Waals surface area (Å²) in [6.07, 6.45) is 7.17. The lowest BCUT2D eigenvalue weighted by Crippen LogP contribution is -2.21. The van der Waals surface area contributed by atoms with E-state index < -0.39 is 5.97 Å². The van der Waals surface area contributed by atoms with Crippen molar-refractivity contribution < 1.29 is 9.90 Å². The van der Waals surface area contributed by atoms with E-state index in [1.165, 1.54) is 0 Å². The Morgan fingerprint density at radius 1 is 1.53 bits per heavy atom. The predicted octanol–water partition coefficient (Wildman–Crippen LogP) is 0.815. The Bertz CT molecular complexity index is 597. The van der Waals surface area contributed by atoms with Gasteiger partial charge in [0, 0.05) is 31.9 Å². The van der Waals surface area contributed by atoms with Crippen LogP contribution in [-0.4, -0.2) is 43.7 Å². The molecule has 1 atom stereocenters. The molecule has 0 radical (unpaired) electrons. The minimum absolute atomic E-state index is 0.237. The van der Waals surface area contributed by atoms with Crippen LogP contribution in [0.25, 0.3) is 5.65 Å². The number of anilines is 1. The highest BCUT2D eigenvalue weighted by molar-refractivity contribution is 5.66. The lowest BCUT2D eigenvalue weighted by molar-refractivity contribution is -0.137. The highest BCUT2D eigenvalue weighted by Crippen LogP contribution is 2.26. The average Bonchev–Trinajstić information content (AvgIpc) is 3.04. The number of carboxylic acid groups (broad SMARTS) is 1. The second-order valence-corrected chi connectivity index (χ2v) is 4.85. The van der Waals surface area contributed by atoms with Gasteiger partial charge in [-0.25, -0.2) is 4.98 Å². The molecule has 0 saturated carbocycles. The third-order valence-electron chi connectivity index (χ3n) is 3.55. The molecule has 3 heterocycles. The van der Waals surface area contributed by atoms with Gasteiger partial charge >= 0.3 is 5.97 Å². The van der Waals surface area contributed by atoms with Crippen LogP contribution in [-0.2, 0) is 4.79 Å². The summed E-state index contributed by atoms with van der Waals surface area (Å²) >= 11 is 0. The number of aromatic nitrogens is 4. The van der Waals surface area contributed by atoms with Gasteiger partial charge in [-0.1, -0.05) is 0 Å². The zero-order valence-electron chi connectivity index (χ0n) is 10.4. The molecule has 0 spiro atoms. The van der Waals surface area contributed by atoms with Crippen LogP contribution in [0.15, 0.2) is 18.7 Å². The monoisotopic (exact) mass is 261 g/mol. The predicted molar refractivity (Wildman–Crippen MR) is 68.0 cm³/mol. The highest BCUT2D eigenvalue weighted by atomic mass is 16.4. The Hall–Kier alpha value is -2.18. The first-order valence-corrected chi connectivity index (χ1v) is 6.35. The van der Waals surface area contributed by atoms with E-state index in [0.29, 0.717) is 5.92 Å². The van der Waals surface area contributed by atoms with Crippen molar-refractivity contribution in [3.63, 3.8) is 0 Å². The summed E-state index contributed by atoms with van der Waals surface area (Å²) < 4.78 is 1.84. The Morgan fingerprint density at radius 2 is 2.42 bits per heavy atom. The summed E-state index contributed by atoms with van der Waals surface area (Å²) in [4.78, 5) is 17.1. The van der Waals surface area contributed by atoms with Gasteiger partial charge < -0.3 is 10.0 Å². The maximum atomic E-state index is 10.6. The zero-order chi connectivity index (χ0) is 13.2. The Kier molecular flexibility index (Phi) is 3.02. The summed E-state index contributed by atoms with van der Waals surface area (Å²) in [5.41, 5.74) is 0.751. The molecule has 1 unspecified atom stereocenters. The van der Waals surface area contributed by atoms with Crippen molar-refractivity contribution in [1.82, 2.24) is 19.6 Å². The first-order valence-electron chi connectivity index (χ1n) is 6.35. The molecular weight excluding hydrogens is 246 g/mol. The maximum absolute atomic E-state index is 10.6. The highest BCUT2D eigenvalue weighted by Gasteiger charge is 2.25. The SMILES string of the molecule is O=C(O)CCC1CCN(c2nccn3cnnc23)C1. The molecule has 1 fully saturated rings. The quantitative estimate of drug-likeness (QED) is 0.877. The van der Waals surface area contributed by atoms with E-state index in [9.17, 15) is 4.79 Å². The van der Waals surface area contributed by atoms with Crippen molar-refractivity contribution in [2.75, 3.05) is 18.0 Å². The molecule has 1 aliphatic rings. The summed E-state index contributed by atoms with van der Waals surface area (Å²) in [7, 11) is 0. The van der Waals surface area contributed by atoms with Gasteiger partial charge in [0.1, 0.15) is 6.33 Å². The molecule has 3 rings (SSSR count). The number of carboxylic acids is 1. The van der Waals surface area contributed by atoms with Crippen molar-refractivity contribution in [2.24, 2.45) is 5.92 Å². The third-order valence-corrected chi connectivity index (χ3v) is 3.55. The lowest BCUT2D eigenvalue weighted by atomic mass is 10.0. The van der Waals surface area contributed by atoms with Crippen molar-refractivity contribution in [2.45, 2.75) is 19.3 Å². The van der Waals surface area contributed by atoms with Crippen LogP contribution >= 0.6 is 0 Å². The number of carbonyl (C=O) groups is 1. The van der Waals surface area contributed by atoms with Crippen molar-refractivity contribution in [3.05, 3.63) is 18.7 Å². The van der Waals surface area contributed by atoms with E-state index in [1.54, 1.807) is 12.5 Å². The minimum Gasteiger partial charge on any atom is -0.481 e. The first kappa shape index (κ1) is 11.9. The molecule has 1 aliphatic heterocycles. The molecule has 7 heteroatoms. The number of fused-ring (bicyclic) bond motifs is 1. The lowest BCUT2D eigenvalue weighted by Gasteiger charge is -2.17.